The molecule has 31 heavy (non-hydrogen) atoms. The minimum atomic E-state index is -1.14. The summed E-state index contributed by atoms with van der Waals surface area (Å²) in [5.41, 5.74) is 0.660. The van der Waals surface area contributed by atoms with Crippen LogP contribution in [0.3, 0.4) is 0 Å². The molecule has 2 amide bonds. The Morgan fingerprint density at radius 3 is 2.23 bits per heavy atom. The lowest BCUT2D eigenvalue weighted by Crippen LogP contribution is -2.50. The molecule has 0 aliphatic rings. The van der Waals surface area contributed by atoms with Crippen LogP contribution in [-0.2, 0) is 27.4 Å². The van der Waals surface area contributed by atoms with Gasteiger partial charge in [0.15, 0.2) is 0 Å². The highest BCUT2D eigenvalue weighted by Crippen LogP contribution is 2.14. The van der Waals surface area contributed by atoms with Gasteiger partial charge in [0.05, 0.1) is 7.11 Å². The van der Waals surface area contributed by atoms with Gasteiger partial charge in [0.1, 0.15) is 18.4 Å². The molecule has 0 unspecified atom stereocenters. The van der Waals surface area contributed by atoms with Crippen LogP contribution in [0, 0.1) is 0 Å². The number of rotatable bonds is 10. The molecule has 0 bridgehead atoms. The molecule has 3 N–H and O–H groups in total. The summed E-state index contributed by atoms with van der Waals surface area (Å²) in [6.45, 7) is 3.43. The first-order valence-electron chi connectivity index (χ1n) is 9.82. The van der Waals surface area contributed by atoms with Crippen molar-refractivity contribution < 1.29 is 29.0 Å². The number of ether oxygens (including phenoxy) is 2. The molecule has 0 fully saturated rings. The van der Waals surface area contributed by atoms with Crippen LogP contribution >= 0.6 is 0 Å². The van der Waals surface area contributed by atoms with Crippen LogP contribution in [-0.4, -0.2) is 41.8 Å². The van der Waals surface area contributed by atoms with E-state index in [2.05, 4.69) is 10.6 Å². The number of carbonyl (C=O) groups is 3. The lowest BCUT2D eigenvalue weighted by molar-refractivity contribution is -0.142. The van der Waals surface area contributed by atoms with Gasteiger partial charge in [-0.25, -0.2) is 9.59 Å². The van der Waals surface area contributed by atoms with E-state index >= 15 is 0 Å². The summed E-state index contributed by atoms with van der Waals surface area (Å²) in [6.07, 6.45) is -0.646. The first-order chi connectivity index (χ1) is 14.7. The molecule has 0 aliphatic heterocycles. The molecule has 0 radical (unpaired) electrons. The number of carboxylic acids is 1. The lowest BCUT2D eigenvalue weighted by Gasteiger charge is -2.26. The molecule has 8 nitrogen and oxygen atoms in total. The Bertz CT molecular complexity index is 881. The Balaban J connectivity index is 1.86. The Hall–Kier alpha value is -3.55. The maximum Gasteiger partial charge on any atom is 0.407 e. The Labute approximate surface area is 181 Å². The van der Waals surface area contributed by atoms with Gasteiger partial charge < -0.3 is 25.2 Å². The molecule has 2 aromatic carbocycles. The van der Waals surface area contributed by atoms with Crippen LogP contribution < -0.4 is 15.4 Å². The van der Waals surface area contributed by atoms with Crippen molar-refractivity contribution >= 4 is 18.0 Å². The van der Waals surface area contributed by atoms with Gasteiger partial charge in [-0.2, -0.15) is 0 Å². The van der Waals surface area contributed by atoms with Crippen molar-refractivity contribution in [3.8, 4) is 5.75 Å². The van der Waals surface area contributed by atoms with Crippen molar-refractivity contribution in [1.29, 1.82) is 0 Å². The van der Waals surface area contributed by atoms with E-state index in [0.717, 1.165) is 11.1 Å². The Kier molecular flexibility index (Phi) is 8.43. The zero-order valence-corrected chi connectivity index (χ0v) is 17.9. The minimum Gasteiger partial charge on any atom is -0.497 e. The standard InChI is InChI=1S/C23H28N2O6/c1-23(2,25-22(29)31-15-17-7-5-4-6-8-17)14-20(26)24-19(21(27)28)13-16-9-11-18(30-3)12-10-16/h4-12,19H,13-15H2,1-3H3,(H,24,26)(H,25,29)(H,27,28)/t19-/m0/s1. The van der Waals surface area contributed by atoms with Crippen molar-refractivity contribution in [2.45, 2.75) is 44.9 Å². The number of methoxy groups -OCH3 is 1. The predicted octanol–water partition coefficient (Wildman–Crippen LogP) is 2.90. The molecular weight excluding hydrogens is 400 g/mol. The summed E-state index contributed by atoms with van der Waals surface area (Å²) in [4.78, 5) is 36.1. The van der Waals surface area contributed by atoms with Crippen LogP contribution in [0.4, 0.5) is 4.79 Å². The van der Waals surface area contributed by atoms with Crippen LogP contribution in [0.25, 0.3) is 0 Å². The van der Waals surface area contributed by atoms with Gasteiger partial charge in [-0.1, -0.05) is 42.5 Å². The van der Waals surface area contributed by atoms with Gasteiger partial charge in [-0.3, -0.25) is 4.79 Å². The quantitative estimate of drug-likeness (QED) is 0.536. The van der Waals surface area contributed by atoms with Crippen LogP contribution in [0.1, 0.15) is 31.4 Å². The third kappa shape index (κ3) is 8.38. The van der Waals surface area contributed by atoms with E-state index < -0.39 is 29.6 Å². The summed E-state index contributed by atoms with van der Waals surface area (Å²) >= 11 is 0. The molecule has 0 spiro atoms. The second kappa shape index (κ2) is 11.0. The largest absolute Gasteiger partial charge is 0.497 e. The average molecular weight is 428 g/mol. The van der Waals surface area contributed by atoms with Crippen molar-refractivity contribution in [3.63, 3.8) is 0 Å². The number of carbonyl (C=O) groups excluding carboxylic acids is 2. The van der Waals surface area contributed by atoms with E-state index in [1.165, 1.54) is 0 Å². The average Bonchev–Trinajstić information content (AvgIpc) is 2.72. The molecule has 166 valence electrons. The number of hydrogen-bond donors (Lipinski definition) is 3. The fourth-order valence-corrected chi connectivity index (χ4v) is 2.92. The van der Waals surface area contributed by atoms with E-state index in [4.69, 9.17) is 9.47 Å². The predicted molar refractivity (Wildman–Crippen MR) is 115 cm³/mol. The Morgan fingerprint density at radius 2 is 1.65 bits per heavy atom. The molecule has 0 saturated heterocycles. The molecule has 0 heterocycles. The van der Waals surface area contributed by atoms with Crippen LogP contribution in [0.5, 0.6) is 5.75 Å². The van der Waals surface area contributed by atoms with Crippen LogP contribution in [0.15, 0.2) is 54.6 Å². The van der Waals surface area contributed by atoms with Gasteiger partial charge in [0, 0.05) is 18.4 Å². The number of aliphatic carboxylic acids is 1. The van der Waals surface area contributed by atoms with Gasteiger partial charge in [-0.05, 0) is 37.1 Å². The number of hydrogen-bond acceptors (Lipinski definition) is 5. The summed E-state index contributed by atoms with van der Waals surface area (Å²) < 4.78 is 10.3. The summed E-state index contributed by atoms with van der Waals surface area (Å²) in [7, 11) is 1.54. The third-order valence-corrected chi connectivity index (χ3v) is 4.49. The number of amides is 2. The minimum absolute atomic E-state index is 0.109. The Morgan fingerprint density at radius 1 is 1.00 bits per heavy atom. The monoisotopic (exact) mass is 428 g/mol. The second-order valence-corrected chi connectivity index (χ2v) is 7.76. The zero-order valence-electron chi connectivity index (χ0n) is 17.9. The highest BCUT2D eigenvalue weighted by Gasteiger charge is 2.28. The van der Waals surface area contributed by atoms with Gasteiger partial charge in [-0.15, -0.1) is 0 Å². The van der Waals surface area contributed by atoms with E-state index in [9.17, 15) is 19.5 Å². The SMILES string of the molecule is COc1ccc(C[C@H](NC(=O)CC(C)(C)NC(=O)OCc2ccccc2)C(=O)O)cc1. The summed E-state index contributed by atoms with van der Waals surface area (Å²) in [5.74, 6) is -0.974. The van der Waals surface area contributed by atoms with Crippen molar-refractivity contribution in [2.75, 3.05) is 7.11 Å². The number of benzene rings is 2. The fourth-order valence-electron chi connectivity index (χ4n) is 2.92. The normalized spacial score (nSPS) is 11.8. The summed E-state index contributed by atoms with van der Waals surface area (Å²) in [5, 5.41) is 14.6. The molecule has 2 aromatic rings. The highest BCUT2D eigenvalue weighted by molar-refractivity contribution is 5.84. The zero-order chi connectivity index (χ0) is 22.9. The molecule has 0 aromatic heterocycles. The van der Waals surface area contributed by atoms with E-state index in [0.29, 0.717) is 5.75 Å². The van der Waals surface area contributed by atoms with E-state index in [1.807, 2.05) is 30.3 Å². The first-order valence-corrected chi connectivity index (χ1v) is 9.82. The van der Waals surface area contributed by atoms with E-state index in [-0.39, 0.29) is 19.4 Å². The highest BCUT2D eigenvalue weighted by atomic mass is 16.5. The molecule has 2 rings (SSSR count). The third-order valence-electron chi connectivity index (χ3n) is 4.49. The molecule has 0 saturated carbocycles. The number of carboxylic acid groups (broad SMARTS) is 1. The van der Waals surface area contributed by atoms with E-state index in [1.54, 1.807) is 45.2 Å². The molecule has 8 heteroatoms. The smallest absolute Gasteiger partial charge is 0.407 e. The van der Waals surface area contributed by atoms with Gasteiger partial charge >= 0.3 is 12.1 Å². The lowest BCUT2D eigenvalue weighted by atomic mass is 9.99. The molecule has 1 atom stereocenters. The number of alkyl carbamates (subject to hydrolysis) is 1. The maximum atomic E-state index is 12.4. The van der Waals surface area contributed by atoms with Crippen molar-refractivity contribution in [2.24, 2.45) is 0 Å². The molecular formula is C23H28N2O6. The van der Waals surface area contributed by atoms with Crippen LogP contribution in [0.2, 0.25) is 0 Å². The maximum absolute atomic E-state index is 12.4. The fraction of sp³-hybridized carbons (Fsp3) is 0.348. The van der Waals surface area contributed by atoms with Crippen molar-refractivity contribution in [1.82, 2.24) is 10.6 Å². The second-order valence-electron chi connectivity index (χ2n) is 7.76. The number of nitrogens with one attached hydrogen (secondary N) is 2. The van der Waals surface area contributed by atoms with Gasteiger partial charge in [0.2, 0.25) is 5.91 Å². The van der Waals surface area contributed by atoms with Crippen molar-refractivity contribution in [3.05, 3.63) is 65.7 Å². The molecule has 0 aliphatic carbocycles. The van der Waals surface area contributed by atoms with Gasteiger partial charge in [0.25, 0.3) is 0 Å². The summed E-state index contributed by atoms with van der Waals surface area (Å²) in [6, 6.07) is 15.1. The first kappa shape index (κ1) is 23.7. The topological polar surface area (TPSA) is 114 Å².